The number of allylic oxidation sites excluding steroid dienone is 5. The van der Waals surface area contributed by atoms with E-state index in [1.165, 1.54) is 5.56 Å². The van der Waals surface area contributed by atoms with Gasteiger partial charge in [0.1, 0.15) is 0 Å². The number of nitrogens with zero attached hydrogens (tertiary/aromatic N) is 2. The van der Waals surface area contributed by atoms with Crippen LogP contribution in [-0.2, 0) is 6.54 Å². The Morgan fingerprint density at radius 1 is 1.07 bits per heavy atom. The molecule has 1 saturated heterocycles. The van der Waals surface area contributed by atoms with Crippen LogP contribution in [0.25, 0.3) is 0 Å². The third-order valence-electron chi connectivity index (χ3n) is 4.42. The third-order valence-corrected chi connectivity index (χ3v) is 4.93. The summed E-state index contributed by atoms with van der Waals surface area (Å²) in [6.45, 7) is 18.8. The van der Waals surface area contributed by atoms with Crippen LogP contribution in [0.2, 0.25) is 0 Å². The summed E-state index contributed by atoms with van der Waals surface area (Å²) >= 11 is 5.87. The quantitative estimate of drug-likeness (QED) is 0.674. The molecular formula is C23H34ClN3. The Kier molecular flexibility index (Phi) is 10.6. The van der Waals surface area contributed by atoms with Crippen LogP contribution in [0.4, 0.5) is 0 Å². The highest BCUT2D eigenvalue weighted by molar-refractivity contribution is 6.31. The Morgan fingerprint density at radius 2 is 1.67 bits per heavy atom. The van der Waals surface area contributed by atoms with E-state index < -0.39 is 0 Å². The summed E-state index contributed by atoms with van der Waals surface area (Å²) in [5.41, 5.74) is 9.29. The lowest BCUT2D eigenvalue weighted by atomic mass is 10.2. The molecule has 0 saturated carbocycles. The van der Waals surface area contributed by atoms with Crippen molar-refractivity contribution in [2.24, 2.45) is 5.73 Å². The van der Waals surface area contributed by atoms with E-state index in [4.69, 9.17) is 17.3 Å². The van der Waals surface area contributed by atoms with Crippen molar-refractivity contribution in [3.05, 3.63) is 83.2 Å². The van der Waals surface area contributed by atoms with Crippen molar-refractivity contribution in [3.63, 3.8) is 0 Å². The molecule has 0 radical (unpaired) electrons. The van der Waals surface area contributed by atoms with Crippen molar-refractivity contribution in [2.75, 3.05) is 26.2 Å². The predicted octanol–water partition coefficient (Wildman–Crippen LogP) is 5.28. The van der Waals surface area contributed by atoms with E-state index in [-0.39, 0.29) is 0 Å². The van der Waals surface area contributed by atoms with Crippen LogP contribution in [0.3, 0.4) is 0 Å². The van der Waals surface area contributed by atoms with Gasteiger partial charge in [-0.3, -0.25) is 4.90 Å². The lowest BCUT2D eigenvalue weighted by molar-refractivity contribution is 0.152. The molecule has 1 aromatic carbocycles. The second kappa shape index (κ2) is 12.4. The fraction of sp³-hybridized carbons (Fsp3) is 0.391. The van der Waals surface area contributed by atoms with Crippen LogP contribution in [0.15, 0.2) is 77.6 Å². The average molecular weight is 388 g/mol. The van der Waals surface area contributed by atoms with Gasteiger partial charge in [-0.15, -0.1) is 0 Å². The lowest BCUT2D eigenvalue weighted by Crippen LogP contribution is -2.46. The van der Waals surface area contributed by atoms with E-state index in [1.54, 1.807) is 0 Å². The van der Waals surface area contributed by atoms with Crippen LogP contribution in [-0.4, -0.2) is 36.0 Å². The molecule has 1 heterocycles. The van der Waals surface area contributed by atoms with Crippen LogP contribution >= 0.6 is 11.6 Å². The van der Waals surface area contributed by atoms with Gasteiger partial charge in [0.25, 0.3) is 0 Å². The van der Waals surface area contributed by atoms with E-state index in [9.17, 15) is 0 Å². The predicted molar refractivity (Wildman–Crippen MR) is 119 cm³/mol. The minimum Gasteiger partial charge on any atom is -0.386 e. The number of hydrogen-bond acceptors (Lipinski definition) is 3. The van der Waals surface area contributed by atoms with E-state index in [0.717, 1.165) is 55.3 Å². The molecule has 1 aromatic rings. The minimum atomic E-state index is 0.694. The van der Waals surface area contributed by atoms with Crippen molar-refractivity contribution in [1.29, 1.82) is 0 Å². The molecule has 2 N–H and O–H groups in total. The molecule has 0 spiro atoms. The normalized spacial score (nSPS) is 14.4. The summed E-state index contributed by atoms with van der Waals surface area (Å²) in [5, 5.41) is 0.805. The maximum Gasteiger partial charge on any atom is 0.0913 e. The molecule has 1 fully saturated rings. The van der Waals surface area contributed by atoms with Gasteiger partial charge in [-0.05, 0) is 31.9 Å². The zero-order valence-corrected chi connectivity index (χ0v) is 17.8. The Hall–Kier alpha value is -1.97. The fourth-order valence-corrected chi connectivity index (χ4v) is 2.57. The first-order valence-corrected chi connectivity index (χ1v) is 9.85. The van der Waals surface area contributed by atoms with Gasteiger partial charge in [0.2, 0.25) is 0 Å². The molecule has 1 aliphatic rings. The summed E-state index contributed by atoms with van der Waals surface area (Å²) in [4.78, 5) is 4.59. The van der Waals surface area contributed by atoms with Crippen LogP contribution in [0.5, 0.6) is 0 Å². The van der Waals surface area contributed by atoms with Gasteiger partial charge in [0.05, 0.1) is 5.82 Å². The van der Waals surface area contributed by atoms with Crippen LogP contribution in [0, 0.1) is 0 Å². The van der Waals surface area contributed by atoms with E-state index in [0.29, 0.717) is 5.82 Å². The highest BCUT2D eigenvalue weighted by Gasteiger charge is 2.16. The smallest absolute Gasteiger partial charge is 0.0913 e. The third kappa shape index (κ3) is 9.50. The van der Waals surface area contributed by atoms with E-state index in [2.05, 4.69) is 60.2 Å². The first-order chi connectivity index (χ1) is 12.8. The number of halogens is 1. The summed E-state index contributed by atoms with van der Waals surface area (Å²) in [7, 11) is 0. The molecule has 27 heavy (non-hydrogen) atoms. The Morgan fingerprint density at radius 3 is 2.15 bits per heavy atom. The van der Waals surface area contributed by atoms with Gasteiger partial charge < -0.3 is 10.6 Å². The molecule has 1 aliphatic heterocycles. The highest BCUT2D eigenvalue weighted by atomic mass is 35.5. The van der Waals surface area contributed by atoms with Crippen molar-refractivity contribution < 1.29 is 0 Å². The highest BCUT2D eigenvalue weighted by Crippen LogP contribution is 2.11. The molecule has 2 rings (SSSR count). The number of nitrogens with two attached hydrogens (primary N) is 1. The van der Waals surface area contributed by atoms with Crippen LogP contribution in [0.1, 0.15) is 32.8 Å². The number of benzene rings is 1. The molecule has 0 atom stereocenters. The molecule has 0 aromatic heterocycles. The molecule has 0 bridgehead atoms. The zero-order valence-electron chi connectivity index (χ0n) is 17.0. The summed E-state index contributed by atoms with van der Waals surface area (Å²) in [5.74, 6) is 0.694. The van der Waals surface area contributed by atoms with Crippen molar-refractivity contribution >= 4 is 11.6 Å². The first kappa shape index (κ1) is 23.1. The second-order valence-corrected chi connectivity index (χ2v) is 7.34. The summed E-state index contributed by atoms with van der Waals surface area (Å²) in [6, 6.07) is 10.6. The molecular weight excluding hydrogens is 354 g/mol. The Balaban J connectivity index is 0.000000293. The summed E-state index contributed by atoms with van der Waals surface area (Å²) < 4.78 is 0. The van der Waals surface area contributed by atoms with Crippen LogP contribution < -0.4 is 5.73 Å². The second-order valence-electron chi connectivity index (χ2n) is 6.93. The molecule has 4 heteroatoms. The maximum atomic E-state index is 5.87. The van der Waals surface area contributed by atoms with Gasteiger partial charge in [-0.1, -0.05) is 79.2 Å². The maximum absolute atomic E-state index is 5.87. The Labute approximate surface area is 170 Å². The van der Waals surface area contributed by atoms with Crippen molar-refractivity contribution in [1.82, 2.24) is 9.80 Å². The number of piperazine rings is 1. The topological polar surface area (TPSA) is 32.5 Å². The minimum absolute atomic E-state index is 0.694. The monoisotopic (exact) mass is 387 g/mol. The van der Waals surface area contributed by atoms with E-state index >= 15 is 0 Å². The Bertz CT molecular complexity index is 649. The SMILES string of the molecule is C=C(/C=C\C(Cl)=C(C)C)CC.C=C(N)N1CCN(Cc2ccccc2)CC1. The van der Waals surface area contributed by atoms with Gasteiger partial charge >= 0.3 is 0 Å². The summed E-state index contributed by atoms with van der Waals surface area (Å²) in [6.07, 6.45) is 4.82. The number of hydrogen-bond donors (Lipinski definition) is 1. The lowest BCUT2D eigenvalue weighted by Gasteiger charge is -2.35. The molecule has 0 unspecified atom stereocenters. The molecule has 148 valence electrons. The molecule has 0 aliphatic carbocycles. The van der Waals surface area contributed by atoms with E-state index in [1.807, 2.05) is 26.0 Å². The standard InChI is InChI=1S/C13H19N3.C10H15Cl/c1-12(14)16-9-7-15(8-10-16)11-13-5-3-2-4-6-13;1-5-9(4)6-7-10(11)8(2)3/h2-6H,1,7-11,14H2;6-7H,4-5H2,1-3H3/b;7-6-. The average Bonchev–Trinajstić information content (AvgIpc) is 2.67. The van der Waals surface area contributed by atoms with Gasteiger partial charge in [0.15, 0.2) is 0 Å². The first-order valence-electron chi connectivity index (χ1n) is 9.48. The van der Waals surface area contributed by atoms with Gasteiger partial charge in [0, 0.05) is 37.8 Å². The number of rotatable bonds is 6. The fourth-order valence-electron chi connectivity index (χ4n) is 2.51. The zero-order chi connectivity index (χ0) is 20.2. The van der Waals surface area contributed by atoms with Crippen molar-refractivity contribution in [2.45, 2.75) is 33.7 Å². The van der Waals surface area contributed by atoms with Crippen molar-refractivity contribution in [3.8, 4) is 0 Å². The van der Waals surface area contributed by atoms with Gasteiger partial charge in [-0.25, -0.2) is 0 Å². The molecule has 3 nitrogen and oxygen atoms in total. The molecule has 0 amide bonds. The van der Waals surface area contributed by atoms with Gasteiger partial charge in [-0.2, -0.15) is 0 Å². The largest absolute Gasteiger partial charge is 0.386 e.